The van der Waals surface area contributed by atoms with Crippen molar-refractivity contribution in [2.24, 2.45) is 23.2 Å². The first-order valence-electron chi connectivity index (χ1n) is 13.0. The fourth-order valence-electron chi connectivity index (χ4n) is 7.64. The van der Waals surface area contributed by atoms with Crippen LogP contribution in [0.3, 0.4) is 0 Å². The lowest BCUT2D eigenvalue weighted by molar-refractivity contribution is -0.146. The largest absolute Gasteiger partial charge is 0.353 e. The lowest BCUT2D eigenvalue weighted by Gasteiger charge is -2.55. The second-order valence-corrected chi connectivity index (χ2v) is 11.4. The number of fused-ring (bicyclic) bond motifs is 1. The summed E-state index contributed by atoms with van der Waals surface area (Å²) in [6.07, 6.45) is 11.9. The van der Waals surface area contributed by atoms with Gasteiger partial charge in [-0.25, -0.2) is 0 Å². The normalized spacial score (nSPS) is 28.8. The number of nitrogens with one attached hydrogen (secondary N) is 1. The molecule has 7 rings (SSSR count). The molecule has 2 aromatic carbocycles. The summed E-state index contributed by atoms with van der Waals surface area (Å²) < 4.78 is 2.37. The molecular weight excluding hydrogens is 404 g/mol. The van der Waals surface area contributed by atoms with E-state index < -0.39 is 0 Å². The molecule has 4 bridgehead atoms. The molecule has 0 spiro atoms. The molecule has 0 radical (unpaired) electrons. The van der Waals surface area contributed by atoms with E-state index in [1.807, 2.05) is 0 Å². The monoisotopic (exact) mass is 440 g/mol. The van der Waals surface area contributed by atoms with Crippen LogP contribution in [0.5, 0.6) is 0 Å². The first-order valence-corrected chi connectivity index (χ1v) is 13.0. The van der Waals surface area contributed by atoms with Gasteiger partial charge in [-0.2, -0.15) is 0 Å². The Balaban J connectivity index is 1.13. The van der Waals surface area contributed by atoms with Gasteiger partial charge in [0.2, 0.25) is 5.91 Å². The van der Waals surface area contributed by atoms with Gasteiger partial charge in [-0.15, -0.1) is 0 Å². The summed E-state index contributed by atoms with van der Waals surface area (Å²) in [5, 5.41) is 4.80. The van der Waals surface area contributed by atoms with E-state index in [1.54, 1.807) is 0 Å². The first kappa shape index (κ1) is 21.0. The number of aromatic nitrogens is 1. The van der Waals surface area contributed by atoms with Crippen LogP contribution in [-0.4, -0.2) is 16.5 Å². The highest BCUT2D eigenvalue weighted by Gasteiger charge is 2.54. The lowest BCUT2D eigenvalue weighted by atomic mass is 9.49. The summed E-state index contributed by atoms with van der Waals surface area (Å²) >= 11 is 0. The minimum atomic E-state index is -0.0469. The zero-order chi connectivity index (χ0) is 22.4. The lowest BCUT2D eigenvalue weighted by Crippen LogP contribution is -2.54. The Labute approximate surface area is 197 Å². The molecule has 1 amide bonds. The van der Waals surface area contributed by atoms with E-state index in [0.29, 0.717) is 5.91 Å². The Morgan fingerprint density at radius 1 is 0.970 bits per heavy atom. The Bertz CT molecular complexity index is 1110. The summed E-state index contributed by atoms with van der Waals surface area (Å²) in [5.41, 5.74) is 3.95. The maximum Gasteiger partial charge on any atom is 0.226 e. The molecule has 1 heterocycles. The van der Waals surface area contributed by atoms with E-state index in [1.165, 1.54) is 41.3 Å². The SMILES string of the molecule is C[C@@H](CCc1cn(Cc2ccccc2)c2ccccc12)NC(=O)C12CC3CC(CC(C3)C1)C2. The number of nitrogens with zero attached hydrogens (tertiary/aromatic N) is 1. The third kappa shape index (κ3) is 4.00. The molecule has 1 N–H and O–H groups in total. The molecule has 4 aliphatic carbocycles. The maximum absolute atomic E-state index is 13.4. The van der Waals surface area contributed by atoms with Crippen LogP contribution in [0.4, 0.5) is 0 Å². The highest BCUT2D eigenvalue weighted by Crippen LogP contribution is 2.60. The molecule has 4 aliphatic rings. The van der Waals surface area contributed by atoms with Crippen molar-refractivity contribution < 1.29 is 4.79 Å². The van der Waals surface area contributed by atoms with Crippen molar-refractivity contribution >= 4 is 16.8 Å². The van der Waals surface area contributed by atoms with Gasteiger partial charge in [-0.05, 0) is 93.2 Å². The quantitative estimate of drug-likeness (QED) is 0.457. The van der Waals surface area contributed by atoms with Crippen molar-refractivity contribution in [1.82, 2.24) is 9.88 Å². The molecule has 1 atom stereocenters. The van der Waals surface area contributed by atoms with Crippen molar-refractivity contribution in [3.05, 3.63) is 71.9 Å². The van der Waals surface area contributed by atoms with Crippen LogP contribution in [0.15, 0.2) is 60.8 Å². The molecule has 4 saturated carbocycles. The van der Waals surface area contributed by atoms with Crippen molar-refractivity contribution in [2.75, 3.05) is 0 Å². The number of amides is 1. The van der Waals surface area contributed by atoms with Gasteiger partial charge in [0, 0.05) is 35.1 Å². The van der Waals surface area contributed by atoms with E-state index in [0.717, 1.165) is 56.4 Å². The second-order valence-electron chi connectivity index (χ2n) is 11.4. The number of hydrogen-bond acceptors (Lipinski definition) is 1. The Morgan fingerprint density at radius 2 is 1.61 bits per heavy atom. The number of carbonyl (C=O) groups excluding carboxylic acids is 1. The highest BCUT2D eigenvalue weighted by atomic mass is 16.2. The first-order chi connectivity index (χ1) is 16.1. The van der Waals surface area contributed by atoms with Gasteiger partial charge in [-0.1, -0.05) is 48.5 Å². The number of benzene rings is 2. The Hall–Kier alpha value is -2.55. The van der Waals surface area contributed by atoms with Crippen molar-refractivity contribution in [3.8, 4) is 0 Å². The third-order valence-corrected chi connectivity index (χ3v) is 8.81. The number of hydrogen-bond donors (Lipinski definition) is 1. The van der Waals surface area contributed by atoms with Gasteiger partial charge in [0.05, 0.1) is 0 Å². The van der Waals surface area contributed by atoms with E-state index >= 15 is 0 Å². The zero-order valence-electron chi connectivity index (χ0n) is 19.8. The van der Waals surface area contributed by atoms with Crippen LogP contribution in [0.2, 0.25) is 0 Å². The van der Waals surface area contributed by atoms with Crippen LogP contribution in [0.1, 0.15) is 63.0 Å². The Kier molecular flexibility index (Phi) is 5.31. The van der Waals surface area contributed by atoms with Crippen molar-refractivity contribution in [2.45, 2.75) is 70.9 Å². The van der Waals surface area contributed by atoms with Gasteiger partial charge in [0.15, 0.2) is 0 Å². The van der Waals surface area contributed by atoms with Gasteiger partial charge in [0.1, 0.15) is 0 Å². The van der Waals surface area contributed by atoms with Crippen LogP contribution in [0.25, 0.3) is 10.9 Å². The smallest absolute Gasteiger partial charge is 0.226 e. The topological polar surface area (TPSA) is 34.0 Å². The molecule has 0 saturated heterocycles. The number of carbonyl (C=O) groups is 1. The van der Waals surface area contributed by atoms with Crippen LogP contribution in [0, 0.1) is 23.2 Å². The third-order valence-electron chi connectivity index (χ3n) is 8.81. The number of aryl methyl sites for hydroxylation is 1. The summed E-state index contributed by atoms with van der Waals surface area (Å²) in [4.78, 5) is 13.4. The van der Waals surface area contributed by atoms with Gasteiger partial charge >= 0.3 is 0 Å². The van der Waals surface area contributed by atoms with Crippen LogP contribution in [-0.2, 0) is 17.8 Å². The molecule has 4 fully saturated rings. The summed E-state index contributed by atoms with van der Waals surface area (Å²) in [7, 11) is 0. The summed E-state index contributed by atoms with van der Waals surface area (Å²) in [5.74, 6) is 2.80. The molecular formula is C30H36N2O. The molecule has 172 valence electrons. The Morgan fingerprint density at radius 3 is 2.30 bits per heavy atom. The number of para-hydroxylation sites is 1. The van der Waals surface area contributed by atoms with E-state index in [4.69, 9.17) is 0 Å². The molecule has 0 aliphatic heterocycles. The molecule has 33 heavy (non-hydrogen) atoms. The van der Waals surface area contributed by atoms with E-state index in [-0.39, 0.29) is 11.5 Å². The minimum absolute atomic E-state index is 0.0469. The molecule has 3 aromatic rings. The predicted molar refractivity (Wildman–Crippen MR) is 134 cm³/mol. The molecule has 3 heteroatoms. The highest BCUT2D eigenvalue weighted by molar-refractivity contribution is 5.84. The average molecular weight is 441 g/mol. The number of rotatable bonds is 7. The molecule has 3 nitrogen and oxygen atoms in total. The van der Waals surface area contributed by atoms with Crippen LogP contribution >= 0.6 is 0 Å². The van der Waals surface area contributed by atoms with Crippen LogP contribution < -0.4 is 5.32 Å². The minimum Gasteiger partial charge on any atom is -0.353 e. The van der Waals surface area contributed by atoms with Gasteiger partial charge in [0.25, 0.3) is 0 Å². The van der Waals surface area contributed by atoms with Gasteiger partial charge < -0.3 is 9.88 Å². The van der Waals surface area contributed by atoms with Crippen molar-refractivity contribution in [3.63, 3.8) is 0 Å². The second kappa shape index (κ2) is 8.34. The predicted octanol–water partition coefficient (Wildman–Crippen LogP) is 6.34. The maximum atomic E-state index is 13.4. The van der Waals surface area contributed by atoms with Crippen molar-refractivity contribution in [1.29, 1.82) is 0 Å². The standard InChI is InChI=1S/C30H36N2O/c1-21(31-29(33)30-16-23-13-24(17-30)15-25(14-23)18-30)11-12-26-20-32(19-22-7-3-2-4-8-22)28-10-6-5-9-27(26)28/h2-10,20-21,23-25H,11-19H2,1H3,(H,31,33)/t21-,23?,24?,25?,30?/m0/s1. The fraction of sp³-hybridized carbons (Fsp3) is 0.500. The average Bonchev–Trinajstić information content (AvgIpc) is 3.15. The summed E-state index contributed by atoms with van der Waals surface area (Å²) in [6.45, 7) is 3.08. The zero-order valence-corrected chi connectivity index (χ0v) is 19.8. The summed E-state index contributed by atoms with van der Waals surface area (Å²) in [6, 6.07) is 19.6. The van der Waals surface area contributed by atoms with E-state index in [2.05, 4.69) is 77.6 Å². The molecule has 0 unspecified atom stereocenters. The molecule has 1 aromatic heterocycles. The van der Waals surface area contributed by atoms with Gasteiger partial charge in [-0.3, -0.25) is 4.79 Å². The van der Waals surface area contributed by atoms with E-state index in [9.17, 15) is 4.79 Å². The fourth-order valence-corrected chi connectivity index (χ4v) is 7.64.